The highest BCUT2D eigenvalue weighted by Crippen LogP contribution is 2.37. The van der Waals surface area contributed by atoms with Crippen LogP contribution < -0.4 is 5.32 Å². The Kier molecular flexibility index (Phi) is 5.87. The van der Waals surface area contributed by atoms with Gasteiger partial charge in [0, 0.05) is 54.4 Å². The van der Waals surface area contributed by atoms with Crippen molar-refractivity contribution in [2.24, 2.45) is 0 Å². The second kappa shape index (κ2) is 8.94. The Hall–Kier alpha value is -2.87. The summed E-state index contributed by atoms with van der Waals surface area (Å²) in [5, 5.41) is 5.20. The van der Waals surface area contributed by atoms with Crippen LogP contribution in [0.4, 0.5) is 0 Å². The summed E-state index contributed by atoms with van der Waals surface area (Å²) in [5.41, 5.74) is 3.22. The van der Waals surface area contributed by atoms with Crippen molar-refractivity contribution in [1.82, 2.24) is 20.2 Å². The summed E-state index contributed by atoms with van der Waals surface area (Å²) >= 11 is 1.45. The number of amides is 1. The summed E-state index contributed by atoms with van der Waals surface area (Å²) in [6, 6.07) is 14.5. The maximum Gasteiger partial charge on any atom is 0.262 e. The van der Waals surface area contributed by atoms with E-state index >= 15 is 0 Å². The van der Waals surface area contributed by atoms with Gasteiger partial charge in [0.05, 0.1) is 18.2 Å². The van der Waals surface area contributed by atoms with Crippen LogP contribution in [0.5, 0.6) is 0 Å². The average molecular weight is 447 g/mol. The molecule has 0 spiro atoms. The fraction of sp³-hybridized carbons (Fsp3) is 0.320. The molecule has 0 radical (unpaired) electrons. The Balaban J connectivity index is 1.42. The minimum Gasteiger partial charge on any atom is -0.371 e. The number of carbonyl (C=O) groups is 1. The molecule has 1 saturated heterocycles. The van der Waals surface area contributed by atoms with Crippen LogP contribution in [-0.2, 0) is 11.3 Å². The number of morpholine rings is 1. The number of pyridine rings is 2. The first-order valence-corrected chi connectivity index (χ1v) is 11.8. The molecule has 32 heavy (non-hydrogen) atoms. The molecule has 1 aliphatic rings. The number of thiophene rings is 1. The molecule has 1 aliphatic heterocycles. The number of hydrogen-bond acceptors (Lipinski definition) is 6. The standard InChI is InChI=1S/C25H26N4O2S/c1-16(2)28-24(30)23-22(19-6-4-10-27-25(19)32-23)21-15-29(11-12-31-21)14-17-7-8-20-18(13-17)5-3-9-26-20/h3-10,13,16,21H,11-12,14-15H2,1-2H3,(H,28,30)/t21-/m1/s1. The monoisotopic (exact) mass is 446 g/mol. The summed E-state index contributed by atoms with van der Waals surface area (Å²) in [7, 11) is 0. The zero-order valence-electron chi connectivity index (χ0n) is 18.2. The van der Waals surface area contributed by atoms with Gasteiger partial charge in [0.15, 0.2) is 0 Å². The summed E-state index contributed by atoms with van der Waals surface area (Å²) < 4.78 is 6.21. The third kappa shape index (κ3) is 4.24. The van der Waals surface area contributed by atoms with E-state index in [2.05, 4.69) is 44.5 Å². The first kappa shape index (κ1) is 21.0. The first-order chi connectivity index (χ1) is 15.6. The molecule has 0 saturated carbocycles. The highest BCUT2D eigenvalue weighted by Gasteiger charge is 2.30. The molecule has 4 heterocycles. The van der Waals surface area contributed by atoms with Crippen molar-refractivity contribution in [2.45, 2.75) is 32.5 Å². The van der Waals surface area contributed by atoms with Crippen LogP contribution in [-0.4, -0.2) is 46.5 Å². The number of carbonyl (C=O) groups excluding carboxylic acids is 1. The molecular formula is C25H26N4O2S. The molecule has 5 rings (SSSR count). The molecule has 1 aromatic carbocycles. The SMILES string of the molecule is CC(C)NC(=O)c1sc2ncccc2c1[C@H]1CN(Cc2ccc3ncccc3c2)CCO1. The largest absolute Gasteiger partial charge is 0.371 e. The Bertz CT molecular complexity index is 1270. The van der Waals surface area contributed by atoms with Gasteiger partial charge in [-0.3, -0.25) is 14.7 Å². The molecule has 0 bridgehead atoms. The number of nitrogens with one attached hydrogen (secondary N) is 1. The lowest BCUT2D eigenvalue weighted by Gasteiger charge is -2.33. The lowest BCUT2D eigenvalue weighted by atomic mass is 10.0. The molecule has 1 fully saturated rings. The molecule has 1 N–H and O–H groups in total. The third-order valence-corrected chi connectivity index (χ3v) is 6.80. The molecule has 4 aromatic rings. The smallest absolute Gasteiger partial charge is 0.262 e. The van der Waals surface area contributed by atoms with Gasteiger partial charge in [0.25, 0.3) is 5.91 Å². The Morgan fingerprint density at radius 1 is 1.22 bits per heavy atom. The fourth-order valence-electron chi connectivity index (χ4n) is 4.27. The number of rotatable bonds is 5. The highest BCUT2D eigenvalue weighted by atomic mass is 32.1. The lowest BCUT2D eigenvalue weighted by molar-refractivity contribution is -0.0323. The van der Waals surface area contributed by atoms with Crippen molar-refractivity contribution in [3.8, 4) is 0 Å². The first-order valence-electron chi connectivity index (χ1n) is 10.9. The molecule has 3 aromatic heterocycles. The van der Waals surface area contributed by atoms with E-state index in [4.69, 9.17) is 4.74 Å². The van der Waals surface area contributed by atoms with Gasteiger partial charge < -0.3 is 10.1 Å². The van der Waals surface area contributed by atoms with Gasteiger partial charge in [-0.2, -0.15) is 0 Å². The molecule has 0 unspecified atom stereocenters. The quantitative estimate of drug-likeness (QED) is 0.487. The molecule has 1 amide bonds. The van der Waals surface area contributed by atoms with E-state index in [1.807, 2.05) is 38.2 Å². The van der Waals surface area contributed by atoms with Crippen LogP contribution in [0.3, 0.4) is 0 Å². The summed E-state index contributed by atoms with van der Waals surface area (Å²) in [4.78, 5) is 25.9. The van der Waals surface area contributed by atoms with Gasteiger partial charge in [0.2, 0.25) is 0 Å². The number of ether oxygens (including phenoxy) is 1. The normalized spacial score (nSPS) is 17.3. The van der Waals surface area contributed by atoms with Gasteiger partial charge in [0.1, 0.15) is 9.71 Å². The van der Waals surface area contributed by atoms with Crippen LogP contribution in [0.25, 0.3) is 21.1 Å². The number of fused-ring (bicyclic) bond motifs is 2. The van der Waals surface area contributed by atoms with Gasteiger partial charge in [-0.25, -0.2) is 4.98 Å². The van der Waals surface area contributed by atoms with Gasteiger partial charge in [-0.1, -0.05) is 18.2 Å². The lowest BCUT2D eigenvalue weighted by Crippen LogP contribution is -2.38. The van der Waals surface area contributed by atoms with Crippen LogP contribution in [0.1, 0.15) is 40.8 Å². The number of aromatic nitrogens is 2. The minimum absolute atomic E-state index is 0.0549. The fourth-order valence-corrected chi connectivity index (χ4v) is 5.37. The predicted octanol–water partition coefficient (Wildman–Crippen LogP) is 4.56. The third-order valence-electron chi connectivity index (χ3n) is 5.68. The van der Waals surface area contributed by atoms with Crippen molar-refractivity contribution >= 4 is 38.4 Å². The van der Waals surface area contributed by atoms with E-state index in [0.717, 1.165) is 46.3 Å². The molecule has 0 aliphatic carbocycles. The van der Waals surface area contributed by atoms with E-state index in [9.17, 15) is 4.79 Å². The Labute approximate surface area is 191 Å². The Morgan fingerprint density at radius 3 is 2.94 bits per heavy atom. The molecule has 6 nitrogen and oxygen atoms in total. The van der Waals surface area contributed by atoms with Crippen molar-refractivity contribution in [3.63, 3.8) is 0 Å². The predicted molar refractivity (Wildman–Crippen MR) is 128 cm³/mol. The van der Waals surface area contributed by atoms with Gasteiger partial charge in [-0.05, 0) is 43.7 Å². The van der Waals surface area contributed by atoms with Crippen molar-refractivity contribution in [2.75, 3.05) is 19.7 Å². The van der Waals surface area contributed by atoms with E-state index in [0.29, 0.717) is 11.5 Å². The van der Waals surface area contributed by atoms with Crippen LogP contribution in [0, 0.1) is 0 Å². The minimum atomic E-state index is -0.170. The van der Waals surface area contributed by atoms with Crippen LogP contribution >= 0.6 is 11.3 Å². The summed E-state index contributed by atoms with van der Waals surface area (Å²) in [6.45, 7) is 6.99. The van der Waals surface area contributed by atoms with Crippen molar-refractivity contribution < 1.29 is 9.53 Å². The second-order valence-corrected chi connectivity index (χ2v) is 9.45. The zero-order valence-corrected chi connectivity index (χ0v) is 19.1. The van der Waals surface area contributed by atoms with Crippen LogP contribution in [0.2, 0.25) is 0 Å². The highest BCUT2D eigenvalue weighted by molar-refractivity contribution is 7.20. The second-order valence-electron chi connectivity index (χ2n) is 8.45. The summed E-state index contributed by atoms with van der Waals surface area (Å²) in [5.74, 6) is -0.0549. The molecule has 164 valence electrons. The Morgan fingerprint density at radius 2 is 2.06 bits per heavy atom. The van der Waals surface area contributed by atoms with Crippen molar-refractivity contribution in [1.29, 1.82) is 0 Å². The number of nitrogens with zero attached hydrogens (tertiary/aromatic N) is 3. The van der Waals surface area contributed by atoms with E-state index in [1.165, 1.54) is 16.9 Å². The van der Waals surface area contributed by atoms with Crippen molar-refractivity contribution in [3.05, 3.63) is 70.9 Å². The zero-order chi connectivity index (χ0) is 22.1. The summed E-state index contributed by atoms with van der Waals surface area (Å²) in [6.07, 6.45) is 3.42. The van der Waals surface area contributed by atoms with Gasteiger partial charge in [-0.15, -0.1) is 11.3 Å². The number of hydrogen-bond donors (Lipinski definition) is 1. The maximum absolute atomic E-state index is 13.0. The van der Waals surface area contributed by atoms with E-state index in [-0.39, 0.29) is 18.1 Å². The van der Waals surface area contributed by atoms with Crippen LogP contribution in [0.15, 0.2) is 54.9 Å². The number of benzene rings is 1. The topological polar surface area (TPSA) is 67.4 Å². The molecular weight excluding hydrogens is 420 g/mol. The average Bonchev–Trinajstić information content (AvgIpc) is 3.19. The molecule has 1 atom stereocenters. The maximum atomic E-state index is 13.0. The molecule has 7 heteroatoms. The van der Waals surface area contributed by atoms with Gasteiger partial charge >= 0.3 is 0 Å². The van der Waals surface area contributed by atoms with E-state index in [1.54, 1.807) is 6.20 Å². The van der Waals surface area contributed by atoms with E-state index < -0.39 is 0 Å².